The molecule has 13 heteroatoms. The van der Waals surface area contributed by atoms with E-state index in [1.54, 1.807) is 0 Å². The Balaban J connectivity index is 4.16. The van der Waals surface area contributed by atoms with E-state index in [2.05, 4.69) is 24.8 Å². The molecular weight excluding hydrogens is 319 g/mol. The van der Waals surface area contributed by atoms with Gasteiger partial charge in [-0.15, -0.1) is 0 Å². The molecule has 0 bridgehead atoms. The van der Waals surface area contributed by atoms with Crippen molar-refractivity contribution >= 4 is 50.1 Å². The number of hydrogen-bond acceptors (Lipinski definition) is 10. The Kier molecular flexibility index (Phi) is 7.18. The molecule has 21 heavy (non-hydrogen) atoms. The van der Waals surface area contributed by atoms with Crippen molar-refractivity contribution in [2.24, 2.45) is 0 Å². The Labute approximate surface area is 115 Å². The summed E-state index contributed by atoms with van der Waals surface area (Å²) in [7, 11) is -2.96. The van der Waals surface area contributed by atoms with Crippen molar-refractivity contribution in [3.8, 4) is 0 Å². The predicted octanol–water partition coefficient (Wildman–Crippen LogP) is -2.24. The molecule has 0 aliphatic heterocycles. The lowest BCUT2D eigenvalue weighted by molar-refractivity contribution is -0.180. The molecule has 0 aromatic carbocycles. The highest BCUT2D eigenvalue weighted by molar-refractivity contribution is 7.47. The molecule has 0 aliphatic rings. The molecule has 0 saturated carbocycles. The molecule has 0 aromatic rings. The van der Waals surface area contributed by atoms with Crippen LogP contribution in [0.2, 0.25) is 0 Å². The highest BCUT2D eigenvalue weighted by atomic mass is 31.1. The van der Waals surface area contributed by atoms with Crippen molar-refractivity contribution in [2.75, 3.05) is 6.79 Å². The van der Waals surface area contributed by atoms with Gasteiger partial charge in [0, 0.05) is 0 Å². The number of rotatable bonds is 4. The third-order valence-corrected chi connectivity index (χ3v) is 2.14. The highest BCUT2D eigenvalue weighted by Gasteiger charge is 2.22. The van der Waals surface area contributed by atoms with Crippen molar-refractivity contribution in [3.05, 3.63) is 0 Å². The molecule has 0 amide bonds. The summed E-state index contributed by atoms with van der Waals surface area (Å²) in [6.07, 6.45) is 3.00. The average molecular weight is 326 g/mol. The Hall–Kier alpha value is -2.88. The number of carbonyl (C=O) groups is 6. The van der Waals surface area contributed by atoms with Crippen molar-refractivity contribution < 1.29 is 57.5 Å². The monoisotopic (exact) mass is 326 g/mol. The van der Waals surface area contributed by atoms with Crippen LogP contribution in [0.3, 0.4) is 0 Å². The van der Waals surface area contributed by atoms with E-state index in [1.165, 1.54) is 0 Å². The highest BCUT2D eigenvalue weighted by Crippen LogP contribution is 2.23. The van der Waals surface area contributed by atoms with Gasteiger partial charge in [-0.3, -0.25) is 0 Å². The second-order valence-electron chi connectivity index (χ2n) is 2.74. The second kappa shape index (κ2) is 8.32. The smallest absolute Gasteiger partial charge is 0.422 e. The van der Waals surface area contributed by atoms with Gasteiger partial charge in [0.05, 0.1) is 0 Å². The molecule has 116 valence electrons. The lowest BCUT2D eigenvalue weighted by Crippen LogP contribution is -2.23. The molecule has 1 unspecified atom stereocenters. The summed E-state index contributed by atoms with van der Waals surface area (Å²) < 4.78 is 16.1. The maximum absolute atomic E-state index is 11.0. The molecule has 2 N–H and O–H groups in total. The first-order valence-corrected chi connectivity index (χ1v) is 6.10. The summed E-state index contributed by atoms with van der Waals surface area (Å²) in [5, 5.41) is 16.3. The molecule has 0 rings (SSSR count). The summed E-state index contributed by atoms with van der Waals surface area (Å²) >= 11 is 0. The summed E-state index contributed by atoms with van der Waals surface area (Å²) in [5.74, 6) is -10.8. The first kappa shape index (κ1) is 18.1. The molecule has 0 radical (unpaired) electrons. The standard InChI is InChI=1S/C8H7O12P/c1-21(19-6(14)4(11)12)20-8(16)7(15)18-2-17-5(13)3(9)10/h21H,1-2H2,(H,9,10)(H,11,12). The van der Waals surface area contributed by atoms with Crippen molar-refractivity contribution in [1.29, 1.82) is 0 Å². The summed E-state index contributed by atoms with van der Waals surface area (Å²) in [5.41, 5.74) is 0. The molecule has 0 fully saturated rings. The zero-order valence-electron chi connectivity index (χ0n) is 9.89. The van der Waals surface area contributed by atoms with Crippen LogP contribution in [0, 0.1) is 0 Å². The minimum Gasteiger partial charge on any atom is -0.473 e. The number of carboxylic acids is 2. The van der Waals surface area contributed by atoms with Gasteiger partial charge in [0.15, 0.2) is 0 Å². The third-order valence-electron chi connectivity index (χ3n) is 1.31. The van der Waals surface area contributed by atoms with Gasteiger partial charge in [-0.05, 0) is 6.30 Å². The SMILES string of the molecule is C=[PH](OC(=O)C(=O)O)OC(=O)C(=O)OCOC(=O)C(=O)O. The van der Waals surface area contributed by atoms with Gasteiger partial charge in [-0.25, -0.2) is 28.8 Å². The number of aliphatic carboxylic acids is 2. The van der Waals surface area contributed by atoms with Gasteiger partial charge in [0.1, 0.15) is 0 Å². The van der Waals surface area contributed by atoms with Crippen LogP contribution < -0.4 is 0 Å². The fourth-order valence-electron chi connectivity index (χ4n) is 0.570. The Morgan fingerprint density at radius 3 is 1.67 bits per heavy atom. The fourth-order valence-corrected chi connectivity index (χ4v) is 1.20. The predicted molar refractivity (Wildman–Crippen MR) is 59.9 cm³/mol. The summed E-state index contributed by atoms with van der Waals surface area (Å²) in [4.78, 5) is 63.0. The largest absolute Gasteiger partial charge is 0.473 e. The van der Waals surface area contributed by atoms with Gasteiger partial charge in [-0.2, -0.15) is 0 Å². The van der Waals surface area contributed by atoms with Gasteiger partial charge >= 0.3 is 35.8 Å². The molecule has 0 aliphatic carbocycles. The Bertz CT molecular complexity index is 519. The van der Waals surface area contributed by atoms with Crippen molar-refractivity contribution in [3.63, 3.8) is 0 Å². The minimum atomic E-state index is -2.96. The number of carbonyl (C=O) groups excluding carboxylic acids is 4. The van der Waals surface area contributed by atoms with E-state index in [1.807, 2.05) is 0 Å². The normalized spacial score (nSPS) is 10.7. The van der Waals surface area contributed by atoms with E-state index in [4.69, 9.17) is 10.2 Å². The topological polar surface area (TPSA) is 180 Å². The lowest BCUT2D eigenvalue weighted by atomic mass is 10.7. The van der Waals surface area contributed by atoms with Crippen molar-refractivity contribution in [1.82, 2.24) is 0 Å². The molecule has 0 heterocycles. The van der Waals surface area contributed by atoms with Crippen LogP contribution in [-0.2, 0) is 47.3 Å². The van der Waals surface area contributed by atoms with E-state index < -0.39 is 50.6 Å². The van der Waals surface area contributed by atoms with Crippen molar-refractivity contribution in [2.45, 2.75) is 0 Å². The van der Waals surface area contributed by atoms with E-state index in [-0.39, 0.29) is 0 Å². The van der Waals surface area contributed by atoms with Gasteiger partial charge < -0.3 is 28.7 Å². The molecule has 1 atom stereocenters. The van der Waals surface area contributed by atoms with Crippen LogP contribution in [0.4, 0.5) is 0 Å². The maximum Gasteiger partial charge on any atom is 0.422 e. The number of ether oxygens (including phenoxy) is 2. The van der Waals surface area contributed by atoms with Gasteiger partial charge in [-0.1, -0.05) is 0 Å². The van der Waals surface area contributed by atoms with Crippen LogP contribution >= 0.6 is 8.00 Å². The molecular formula is C8H7O12P. The number of esters is 2. The van der Waals surface area contributed by atoms with Gasteiger partial charge in [0.25, 0.3) is 0 Å². The zero-order chi connectivity index (χ0) is 16.6. The van der Waals surface area contributed by atoms with Crippen LogP contribution in [0.1, 0.15) is 0 Å². The van der Waals surface area contributed by atoms with Crippen LogP contribution in [-0.4, -0.2) is 59.1 Å². The fraction of sp³-hybridized carbons (Fsp3) is 0.125. The second-order valence-corrected chi connectivity index (χ2v) is 3.90. The summed E-state index contributed by atoms with van der Waals surface area (Å²) in [6.45, 7) is -1.17. The first-order valence-electron chi connectivity index (χ1n) is 4.58. The molecule has 0 saturated heterocycles. The zero-order valence-corrected chi connectivity index (χ0v) is 10.9. The Morgan fingerprint density at radius 1 is 0.762 bits per heavy atom. The quantitative estimate of drug-likeness (QED) is 0.246. The van der Waals surface area contributed by atoms with Gasteiger partial charge in [0.2, 0.25) is 14.8 Å². The molecule has 12 nitrogen and oxygen atoms in total. The van der Waals surface area contributed by atoms with E-state index in [9.17, 15) is 28.8 Å². The van der Waals surface area contributed by atoms with E-state index >= 15 is 0 Å². The third kappa shape index (κ3) is 7.32. The number of hydrogen-bond donors (Lipinski definition) is 2. The maximum atomic E-state index is 11.0. The first-order chi connectivity index (χ1) is 9.65. The van der Waals surface area contributed by atoms with E-state index in [0.717, 1.165) is 0 Å². The lowest BCUT2D eigenvalue weighted by Gasteiger charge is -2.07. The van der Waals surface area contributed by atoms with E-state index in [0.29, 0.717) is 0 Å². The van der Waals surface area contributed by atoms with Crippen LogP contribution in [0.15, 0.2) is 0 Å². The van der Waals surface area contributed by atoms with Crippen LogP contribution in [0.25, 0.3) is 0 Å². The Morgan fingerprint density at radius 2 is 1.19 bits per heavy atom. The molecule has 0 spiro atoms. The average Bonchev–Trinajstić information content (AvgIpc) is 2.37. The molecule has 0 aromatic heterocycles. The minimum absolute atomic E-state index is 1.17. The summed E-state index contributed by atoms with van der Waals surface area (Å²) in [6, 6.07) is 0. The van der Waals surface area contributed by atoms with Crippen LogP contribution in [0.5, 0.6) is 0 Å². The number of carboxylic acid groups (broad SMARTS) is 2.